The fourth-order valence-electron chi connectivity index (χ4n) is 2.37. The lowest BCUT2D eigenvalue weighted by Gasteiger charge is -2.24. The second-order valence-corrected chi connectivity index (χ2v) is 5.44. The number of nitrogens with zero attached hydrogens (tertiary/aromatic N) is 8. The lowest BCUT2D eigenvalue weighted by Crippen LogP contribution is -2.38. The van der Waals surface area contributed by atoms with Crippen LogP contribution in [0.1, 0.15) is 20.3 Å². The molecular formula is C12H20N8O2S. The number of azo groups is 1. The van der Waals surface area contributed by atoms with Gasteiger partial charge in [0.25, 0.3) is 0 Å². The molecule has 1 atom stereocenters. The quantitative estimate of drug-likeness (QED) is 0.379. The van der Waals surface area contributed by atoms with E-state index in [0.29, 0.717) is 11.7 Å². The van der Waals surface area contributed by atoms with Crippen molar-refractivity contribution in [3.05, 3.63) is 16.4 Å². The molecule has 0 aromatic carbocycles. The molecule has 1 aromatic heterocycles. The molecule has 0 amide bonds. The van der Waals surface area contributed by atoms with Crippen LogP contribution in [0.5, 0.6) is 0 Å². The summed E-state index contributed by atoms with van der Waals surface area (Å²) in [6, 6.07) is 0. The van der Waals surface area contributed by atoms with E-state index < -0.39 is 10.9 Å². The van der Waals surface area contributed by atoms with Gasteiger partial charge in [-0.2, -0.15) is 9.80 Å². The molecule has 1 aliphatic heterocycles. The predicted octanol–water partition coefficient (Wildman–Crippen LogP) is 1.30. The summed E-state index contributed by atoms with van der Waals surface area (Å²) < 4.78 is 1.40. The highest BCUT2D eigenvalue weighted by Crippen LogP contribution is 2.16. The fourth-order valence-corrected chi connectivity index (χ4v) is 2.63. The van der Waals surface area contributed by atoms with Gasteiger partial charge in [0, 0.05) is 11.6 Å². The molecule has 23 heavy (non-hydrogen) atoms. The molecule has 0 radical (unpaired) electrons. The molecule has 0 saturated heterocycles. The maximum Gasteiger partial charge on any atom is 0.490 e. The van der Waals surface area contributed by atoms with Crippen LogP contribution in [0.25, 0.3) is 0 Å². The smallest absolute Gasteiger partial charge is 0.390 e. The van der Waals surface area contributed by atoms with Gasteiger partial charge >= 0.3 is 5.95 Å². The summed E-state index contributed by atoms with van der Waals surface area (Å²) in [7, 11) is 0. The SMILES string of the molecule is CCN(CC)CCCN1C(=S)N=NC1Cn1cnc([N+](=O)[O-])n1. The van der Waals surface area contributed by atoms with E-state index in [2.05, 4.69) is 39.1 Å². The highest BCUT2D eigenvalue weighted by atomic mass is 32.1. The molecule has 0 N–H and O–H groups in total. The molecule has 0 aliphatic carbocycles. The normalized spacial score (nSPS) is 17.4. The molecule has 10 nitrogen and oxygen atoms in total. The van der Waals surface area contributed by atoms with Gasteiger partial charge in [-0.15, -0.1) is 5.11 Å². The Hall–Kier alpha value is -2.01. The molecule has 1 unspecified atom stereocenters. The van der Waals surface area contributed by atoms with Crippen molar-refractivity contribution in [2.75, 3.05) is 26.2 Å². The van der Waals surface area contributed by atoms with E-state index in [1.165, 1.54) is 11.0 Å². The summed E-state index contributed by atoms with van der Waals surface area (Å²) in [5.74, 6) is -0.421. The van der Waals surface area contributed by atoms with E-state index in [0.717, 1.165) is 32.6 Å². The minimum absolute atomic E-state index is 0.291. The first-order valence-electron chi connectivity index (χ1n) is 7.52. The van der Waals surface area contributed by atoms with Gasteiger partial charge in [-0.3, -0.25) is 0 Å². The van der Waals surface area contributed by atoms with E-state index in [-0.39, 0.29) is 6.17 Å². The molecule has 126 valence electrons. The summed E-state index contributed by atoms with van der Waals surface area (Å²) in [4.78, 5) is 17.9. The van der Waals surface area contributed by atoms with Crippen molar-refractivity contribution in [2.24, 2.45) is 10.2 Å². The van der Waals surface area contributed by atoms with Crippen LogP contribution in [0.15, 0.2) is 16.6 Å². The Bertz CT molecular complexity index is 585. The Balaban J connectivity index is 1.90. The number of aromatic nitrogens is 3. The van der Waals surface area contributed by atoms with Crippen molar-refractivity contribution in [1.82, 2.24) is 24.6 Å². The number of hydrogen-bond acceptors (Lipinski definition) is 7. The summed E-state index contributed by atoms with van der Waals surface area (Å²) in [6.45, 7) is 8.35. The zero-order valence-electron chi connectivity index (χ0n) is 13.2. The first-order chi connectivity index (χ1) is 11.0. The summed E-state index contributed by atoms with van der Waals surface area (Å²) in [6.07, 6.45) is 1.98. The third-order valence-corrected chi connectivity index (χ3v) is 4.00. The van der Waals surface area contributed by atoms with Crippen molar-refractivity contribution in [2.45, 2.75) is 33.0 Å². The summed E-state index contributed by atoms with van der Waals surface area (Å²) >= 11 is 5.21. The van der Waals surface area contributed by atoms with E-state index in [4.69, 9.17) is 12.2 Å². The monoisotopic (exact) mass is 340 g/mol. The van der Waals surface area contributed by atoms with E-state index >= 15 is 0 Å². The average molecular weight is 340 g/mol. The van der Waals surface area contributed by atoms with Gasteiger partial charge in [-0.1, -0.05) is 18.8 Å². The van der Waals surface area contributed by atoms with Crippen LogP contribution < -0.4 is 0 Å². The molecular weight excluding hydrogens is 320 g/mol. The minimum Gasteiger partial charge on any atom is -0.390 e. The second kappa shape index (κ2) is 8.02. The summed E-state index contributed by atoms with van der Waals surface area (Å²) in [5.41, 5.74) is 0. The van der Waals surface area contributed by atoms with Gasteiger partial charge in [0.15, 0.2) is 6.17 Å². The topological polar surface area (TPSA) is 105 Å². The first-order valence-corrected chi connectivity index (χ1v) is 7.93. The lowest BCUT2D eigenvalue weighted by molar-refractivity contribution is -0.394. The van der Waals surface area contributed by atoms with Crippen molar-refractivity contribution >= 4 is 23.3 Å². The highest BCUT2D eigenvalue weighted by Gasteiger charge is 2.28. The van der Waals surface area contributed by atoms with Gasteiger partial charge in [-0.25, -0.2) is 0 Å². The third-order valence-electron chi connectivity index (χ3n) is 3.69. The van der Waals surface area contributed by atoms with Crippen molar-refractivity contribution < 1.29 is 4.92 Å². The largest absolute Gasteiger partial charge is 0.490 e. The number of rotatable bonds is 9. The highest BCUT2D eigenvalue weighted by molar-refractivity contribution is 7.80. The molecule has 2 rings (SSSR count). The fraction of sp³-hybridized carbons (Fsp3) is 0.750. The van der Waals surface area contributed by atoms with Crippen LogP contribution in [-0.2, 0) is 6.54 Å². The van der Waals surface area contributed by atoms with Gasteiger partial charge in [-0.05, 0) is 43.2 Å². The lowest BCUT2D eigenvalue weighted by atomic mass is 10.3. The Labute approximate surface area is 139 Å². The molecule has 1 aromatic rings. The molecule has 0 saturated carbocycles. The van der Waals surface area contributed by atoms with Crippen LogP contribution in [0.3, 0.4) is 0 Å². The van der Waals surface area contributed by atoms with Crippen molar-refractivity contribution in [3.63, 3.8) is 0 Å². The van der Waals surface area contributed by atoms with Crippen LogP contribution in [-0.4, -0.2) is 66.9 Å². The van der Waals surface area contributed by atoms with Gasteiger partial charge in [0.1, 0.15) is 6.54 Å². The maximum atomic E-state index is 10.6. The zero-order valence-corrected chi connectivity index (χ0v) is 14.0. The Morgan fingerprint density at radius 3 is 2.78 bits per heavy atom. The maximum absolute atomic E-state index is 10.6. The standard InChI is InChI=1S/C12H20N8O2S/c1-3-17(4-2)6-5-7-19-10(14-15-12(19)23)8-18-9-13-11(16-18)20(21)22/h9-10H,3-8H2,1-2H3. The Morgan fingerprint density at radius 2 is 2.17 bits per heavy atom. The van der Waals surface area contributed by atoms with Gasteiger partial charge < -0.3 is 19.9 Å². The molecule has 2 heterocycles. The molecule has 0 bridgehead atoms. The van der Waals surface area contributed by atoms with Crippen LogP contribution in [0.2, 0.25) is 0 Å². The van der Waals surface area contributed by atoms with Crippen LogP contribution in [0, 0.1) is 10.1 Å². The predicted molar refractivity (Wildman–Crippen MR) is 87.0 cm³/mol. The molecule has 11 heteroatoms. The number of hydrogen-bond donors (Lipinski definition) is 0. The molecule has 0 spiro atoms. The van der Waals surface area contributed by atoms with Crippen molar-refractivity contribution in [1.29, 1.82) is 0 Å². The Kier molecular flexibility index (Phi) is 6.04. The minimum atomic E-state index is -0.626. The third kappa shape index (κ3) is 4.48. The van der Waals surface area contributed by atoms with Crippen molar-refractivity contribution in [3.8, 4) is 0 Å². The van der Waals surface area contributed by atoms with E-state index in [1.807, 2.05) is 4.90 Å². The van der Waals surface area contributed by atoms with Crippen LogP contribution >= 0.6 is 12.2 Å². The Morgan fingerprint density at radius 1 is 1.43 bits per heavy atom. The number of thiocarbonyl (C=S) groups is 1. The average Bonchev–Trinajstić information content (AvgIpc) is 3.13. The second-order valence-electron chi connectivity index (χ2n) is 5.08. The summed E-state index contributed by atoms with van der Waals surface area (Å²) in [5, 5.41) is 22.9. The van der Waals surface area contributed by atoms with E-state index in [9.17, 15) is 10.1 Å². The first kappa shape index (κ1) is 17.3. The molecule has 1 aliphatic rings. The number of nitro groups is 1. The molecule has 0 fully saturated rings. The zero-order chi connectivity index (χ0) is 16.8. The van der Waals surface area contributed by atoms with Crippen LogP contribution in [0.4, 0.5) is 5.95 Å². The van der Waals surface area contributed by atoms with Gasteiger partial charge in [0.2, 0.25) is 11.4 Å². The van der Waals surface area contributed by atoms with Gasteiger partial charge in [0.05, 0.1) is 0 Å². The van der Waals surface area contributed by atoms with E-state index in [1.54, 1.807) is 0 Å².